The van der Waals surface area contributed by atoms with Crippen LogP contribution in [0.4, 0.5) is 0 Å². The molecule has 0 spiro atoms. The van der Waals surface area contributed by atoms with Crippen LogP contribution in [0.5, 0.6) is 11.5 Å². The Hall–Kier alpha value is -1.06. The molecule has 0 heterocycles. The van der Waals surface area contributed by atoms with Crippen molar-refractivity contribution in [1.82, 2.24) is 0 Å². The molecule has 0 saturated heterocycles. The van der Waals surface area contributed by atoms with E-state index in [1.165, 1.54) is 9.79 Å². The SMILES string of the molecule is CC.CSc1ccc(Oc2ccc(SC)cc2)cc1. The molecule has 0 N–H and O–H groups in total. The van der Waals surface area contributed by atoms with E-state index in [0.717, 1.165) is 11.5 Å². The van der Waals surface area contributed by atoms with E-state index in [-0.39, 0.29) is 0 Å². The van der Waals surface area contributed by atoms with E-state index < -0.39 is 0 Å². The lowest BCUT2D eigenvalue weighted by molar-refractivity contribution is 0.482. The third-order valence-electron chi connectivity index (χ3n) is 2.35. The van der Waals surface area contributed by atoms with Gasteiger partial charge in [-0.3, -0.25) is 0 Å². The van der Waals surface area contributed by atoms with Gasteiger partial charge in [0.25, 0.3) is 0 Å². The first kappa shape index (κ1) is 16.0. The van der Waals surface area contributed by atoms with Crippen molar-refractivity contribution >= 4 is 23.5 Å². The molecule has 0 radical (unpaired) electrons. The van der Waals surface area contributed by atoms with Gasteiger partial charge < -0.3 is 4.74 Å². The first-order chi connectivity index (χ1) is 9.31. The highest BCUT2D eigenvalue weighted by molar-refractivity contribution is 7.98. The van der Waals surface area contributed by atoms with Crippen LogP contribution in [0.3, 0.4) is 0 Å². The van der Waals surface area contributed by atoms with Gasteiger partial charge in [0.1, 0.15) is 11.5 Å². The van der Waals surface area contributed by atoms with Crippen LogP contribution in [-0.4, -0.2) is 12.5 Å². The van der Waals surface area contributed by atoms with Crippen molar-refractivity contribution in [1.29, 1.82) is 0 Å². The lowest BCUT2D eigenvalue weighted by Gasteiger charge is -2.06. The molecule has 2 aromatic rings. The van der Waals surface area contributed by atoms with Gasteiger partial charge in [-0.2, -0.15) is 0 Å². The molecule has 0 unspecified atom stereocenters. The van der Waals surface area contributed by atoms with Crippen molar-refractivity contribution in [3.05, 3.63) is 48.5 Å². The van der Waals surface area contributed by atoms with Crippen LogP contribution in [0.1, 0.15) is 13.8 Å². The molecule has 19 heavy (non-hydrogen) atoms. The Kier molecular flexibility index (Phi) is 7.53. The number of thioether (sulfide) groups is 2. The second-order valence-electron chi connectivity index (χ2n) is 3.45. The largest absolute Gasteiger partial charge is 0.457 e. The Morgan fingerprint density at radius 3 is 1.21 bits per heavy atom. The van der Waals surface area contributed by atoms with Gasteiger partial charge in [-0.1, -0.05) is 13.8 Å². The predicted octanol–water partition coefficient (Wildman–Crippen LogP) is 5.95. The van der Waals surface area contributed by atoms with Gasteiger partial charge in [-0.15, -0.1) is 23.5 Å². The molecule has 0 bridgehead atoms. The third-order valence-corrected chi connectivity index (χ3v) is 3.84. The zero-order valence-corrected chi connectivity index (χ0v) is 13.5. The van der Waals surface area contributed by atoms with Gasteiger partial charge in [0, 0.05) is 9.79 Å². The van der Waals surface area contributed by atoms with Gasteiger partial charge in [0.2, 0.25) is 0 Å². The van der Waals surface area contributed by atoms with E-state index in [4.69, 9.17) is 4.74 Å². The van der Waals surface area contributed by atoms with Gasteiger partial charge in [0.15, 0.2) is 0 Å². The fraction of sp³-hybridized carbons (Fsp3) is 0.250. The second kappa shape index (κ2) is 8.94. The highest BCUT2D eigenvalue weighted by Gasteiger charge is 1.98. The van der Waals surface area contributed by atoms with Crippen LogP contribution in [0.15, 0.2) is 58.3 Å². The van der Waals surface area contributed by atoms with Crippen molar-refractivity contribution in [3.63, 3.8) is 0 Å². The standard InChI is InChI=1S/C14H14OS2.C2H6/c1-16-13-7-3-11(4-8-13)15-12-5-9-14(17-2)10-6-12;1-2/h3-10H,1-2H3;1-2H3. The fourth-order valence-electron chi connectivity index (χ4n) is 1.42. The van der Waals surface area contributed by atoms with Crippen molar-refractivity contribution in [2.24, 2.45) is 0 Å². The van der Waals surface area contributed by atoms with Gasteiger partial charge in [-0.25, -0.2) is 0 Å². The quantitative estimate of drug-likeness (QED) is 0.644. The highest BCUT2D eigenvalue weighted by atomic mass is 32.2. The van der Waals surface area contributed by atoms with Crippen LogP contribution in [0.25, 0.3) is 0 Å². The minimum absolute atomic E-state index is 0.875. The summed E-state index contributed by atoms with van der Waals surface area (Å²) in [4.78, 5) is 2.49. The topological polar surface area (TPSA) is 9.23 Å². The van der Waals surface area contributed by atoms with Crippen molar-refractivity contribution in [2.45, 2.75) is 23.6 Å². The van der Waals surface area contributed by atoms with Crippen molar-refractivity contribution in [3.8, 4) is 11.5 Å². The summed E-state index contributed by atoms with van der Waals surface area (Å²) in [7, 11) is 0. The maximum Gasteiger partial charge on any atom is 0.127 e. The Bertz CT molecular complexity index is 418. The van der Waals surface area contributed by atoms with Crippen molar-refractivity contribution < 1.29 is 4.74 Å². The lowest BCUT2D eigenvalue weighted by atomic mass is 10.3. The van der Waals surface area contributed by atoms with Crippen LogP contribution in [-0.2, 0) is 0 Å². The molecular weight excluding hydrogens is 272 g/mol. The Balaban J connectivity index is 0.000000861. The smallest absolute Gasteiger partial charge is 0.127 e. The second-order valence-corrected chi connectivity index (χ2v) is 5.21. The van der Waals surface area contributed by atoms with E-state index in [1.54, 1.807) is 23.5 Å². The summed E-state index contributed by atoms with van der Waals surface area (Å²) in [6.45, 7) is 4.00. The molecule has 102 valence electrons. The summed E-state index contributed by atoms with van der Waals surface area (Å²) in [5.41, 5.74) is 0. The Morgan fingerprint density at radius 2 is 0.947 bits per heavy atom. The monoisotopic (exact) mass is 292 g/mol. The van der Waals surface area contributed by atoms with Gasteiger partial charge in [0.05, 0.1) is 0 Å². The van der Waals surface area contributed by atoms with Crippen LogP contribution in [0, 0.1) is 0 Å². The molecule has 0 atom stereocenters. The number of benzene rings is 2. The van der Waals surface area contributed by atoms with E-state index >= 15 is 0 Å². The maximum atomic E-state index is 5.76. The summed E-state index contributed by atoms with van der Waals surface area (Å²) in [6.07, 6.45) is 4.13. The molecule has 0 aliphatic carbocycles. The molecule has 0 saturated carbocycles. The molecule has 0 aliphatic heterocycles. The van der Waals surface area contributed by atoms with Crippen LogP contribution < -0.4 is 4.74 Å². The molecular formula is C16H20OS2. The lowest BCUT2D eigenvalue weighted by Crippen LogP contribution is -1.83. The minimum atomic E-state index is 0.875. The number of hydrogen-bond acceptors (Lipinski definition) is 3. The summed E-state index contributed by atoms with van der Waals surface area (Å²) in [5, 5.41) is 0. The molecule has 0 aromatic heterocycles. The van der Waals surface area contributed by atoms with Crippen molar-refractivity contribution in [2.75, 3.05) is 12.5 Å². The van der Waals surface area contributed by atoms with Gasteiger partial charge >= 0.3 is 0 Å². The van der Waals surface area contributed by atoms with Gasteiger partial charge in [-0.05, 0) is 61.0 Å². The van der Waals surface area contributed by atoms with E-state index in [0.29, 0.717) is 0 Å². The Morgan fingerprint density at radius 1 is 0.632 bits per heavy atom. The zero-order chi connectivity index (χ0) is 14.1. The average Bonchev–Trinajstić information content (AvgIpc) is 2.51. The number of ether oxygens (including phenoxy) is 1. The highest BCUT2D eigenvalue weighted by Crippen LogP contribution is 2.25. The average molecular weight is 292 g/mol. The van der Waals surface area contributed by atoms with E-state index in [9.17, 15) is 0 Å². The Labute approximate surface area is 124 Å². The number of rotatable bonds is 4. The molecule has 1 nitrogen and oxygen atoms in total. The first-order valence-corrected chi connectivity index (χ1v) is 8.73. The molecule has 2 rings (SSSR count). The molecule has 0 amide bonds. The predicted molar refractivity (Wildman–Crippen MR) is 87.9 cm³/mol. The maximum absolute atomic E-state index is 5.76. The summed E-state index contributed by atoms with van der Waals surface area (Å²) in [6, 6.07) is 16.2. The molecule has 3 heteroatoms. The summed E-state index contributed by atoms with van der Waals surface area (Å²) < 4.78 is 5.76. The summed E-state index contributed by atoms with van der Waals surface area (Å²) >= 11 is 3.46. The van der Waals surface area contributed by atoms with Crippen LogP contribution >= 0.6 is 23.5 Å². The molecule has 2 aromatic carbocycles. The van der Waals surface area contributed by atoms with Crippen LogP contribution in [0.2, 0.25) is 0 Å². The van der Waals surface area contributed by atoms with E-state index in [1.807, 2.05) is 38.1 Å². The van der Waals surface area contributed by atoms with E-state index in [2.05, 4.69) is 36.8 Å². The molecule has 0 fully saturated rings. The first-order valence-electron chi connectivity index (χ1n) is 6.28. The zero-order valence-electron chi connectivity index (χ0n) is 11.8. The normalized spacial score (nSPS) is 9.47. The molecule has 0 aliphatic rings. The third kappa shape index (κ3) is 5.21. The fourth-order valence-corrected chi connectivity index (χ4v) is 2.24. The number of hydrogen-bond donors (Lipinski definition) is 0. The summed E-state index contributed by atoms with van der Waals surface area (Å²) in [5.74, 6) is 1.75. The minimum Gasteiger partial charge on any atom is -0.457 e.